The monoisotopic (exact) mass is 373 g/mol. The Kier molecular flexibility index (Phi) is 4.53. The zero-order chi connectivity index (χ0) is 19.7. The number of H-pyrrole nitrogens is 2. The molecule has 0 aliphatic rings. The second-order valence-electron chi connectivity index (χ2n) is 6.89. The van der Waals surface area contributed by atoms with Crippen molar-refractivity contribution < 1.29 is 9.91 Å². The zero-order valence-corrected chi connectivity index (χ0v) is 15.7. The van der Waals surface area contributed by atoms with Crippen LogP contribution in [0.3, 0.4) is 0 Å². The molecule has 0 saturated heterocycles. The number of pyridine rings is 1. The van der Waals surface area contributed by atoms with Crippen LogP contribution in [-0.2, 0) is 0 Å². The van der Waals surface area contributed by atoms with Crippen LogP contribution in [-0.4, -0.2) is 9.91 Å². The molecule has 3 N–H and O–H groups in total. The predicted octanol–water partition coefficient (Wildman–Crippen LogP) is 4.71. The Morgan fingerprint density at radius 2 is 1.82 bits per heavy atom. The lowest BCUT2D eigenvalue weighted by atomic mass is 9.95. The SMILES string of the molecule is Cc1cccc(N[C@H](c2cccc([N+](=O)[O-])c2)c2c(C)[nH]c3ccccc23)[nH+]1. The van der Waals surface area contributed by atoms with E-state index in [4.69, 9.17) is 0 Å². The topological polar surface area (TPSA) is 85.1 Å². The Bertz CT molecular complexity index is 1170. The van der Waals surface area contributed by atoms with Crippen LogP contribution in [0.2, 0.25) is 0 Å². The maximum absolute atomic E-state index is 11.3. The van der Waals surface area contributed by atoms with Gasteiger partial charge in [0.2, 0.25) is 0 Å². The van der Waals surface area contributed by atoms with Gasteiger partial charge in [-0.25, -0.2) is 4.98 Å². The van der Waals surface area contributed by atoms with E-state index in [9.17, 15) is 10.1 Å². The summed E-state index contributed by atoms with van der Waals surface area (Å²) in [6, 6.07) is 20.6. The van der Waals surface area contributed by atoms with Gasteiger partial charge in [0, 0.05) is 45.9 Å². The number of anilines is 1. The maximum Gasteiger partial charge on any atom is 0.273 e. The Balaban J connectivity index is 1.89. The number of nitro groups is 1. The second-order valence-corrected chi connectivity index (χ2v) is 6.89. The summed E-state index contributed by atoms with van der Waals surface area (Å²) in [6.45, 7) is 4.02. The summed E-state index contributed by atoms with van der Waals surface area (Å²) < 4.78 is 0. The molecular weight excluding hydrogens is 352 g/mol. The van der Waals surface area contributed by atoms with E-state index in [-0.39, 0.29) is 16.7 Å². The lowest BCUT2D eigenvalue weighted by molar-refractivity contribution is -0.385. The van der Waals surface area contributed by atoms with E-state index < -0.39 is 0 Å². The number of non-ortho nitro benzene ring substituents is 1. The van der Waals surface area contributed by atoms with Crippen molar-refractivity contribution in [2.24, 2.45) is 0 Å². The number of hydrogen-bond donors (Lipinski definition) is 2. The number of rotatable bonds is 5. The Morgan fingerprint density at radius 3 is 2.61 bits per heavy atom. The van der Waals surface area contributed by atoms with Crippen molar-refractivity contribution in [1.29, 1.82) is 0 Å². The van der Waals surface area contributed by atoms with Crippen LogP contribution in [0, 0.1) is 24.0 Å². The van der Waals surface area contributed by atoms with Gasteiger partial charge in [0.1, 0.15) is 6.04 Å². The van der Waals surface area contributed by atoms with Crippen molar-refractivity contribution in [3.05, 3.63) is 99.4 Å². The number of benzene rings is 2. The van der Waals surface area contributed by atoms with E-state index in [2.05, 4.69) is 21.4 Å². The first-order valence-corrected chi connectivity index (χ1v) is 9.10. The van der Waals surface area contributed by atoms with Gasteiger partial charge >= 0.3 is 0 Å². The van der Waals surface area contributed by atoms with Crippen molar-refractivity contribution in [2.45, 2.75) is 19.9 Å². The van der Waals surface area contributed by atoms with E-state index in [1.165, 1.54) is 6.07 Å². The molecular formula is C22H21N4O2+. The van der Waals surface area contributed by atoms with Gasteiger partial charge in [-0.3, -0.25) is 15.4 Å². The third-order valence-corrected chi connectivity index (χ3v) is 4.89. The van der Waals surface area contributed by atoms with Gasteiger partial charge in [0.15, 0.2) is 0 Å². The highest BCUT2D eigenvalue weighted by Gasteiger charge is 2.26. The van der Waals surface area contributed by atoms with E-state index in [0.29, 0.717) is 0 Å². The molecule has 4 aromatic rings. The highest BCUT2D eigenvalue weighted by Crippen LogP contribution is 2.35. The molecule has 0 unspecified atom stereocenters. The minimum Gasteiger partial charge on any atom is -0.358 e. The number of para-hydroxylation sites is 1. The highest BCUT2D eigenvalue weighted by molar-refractivity contribution is 5.86. The summed E-state index contributed by atoms with van der Waals surface area (Å²) in [7, 11) is 0. The third kappa shape index (κ3) is 3.32. The van der Waals surface area contributed by atoms with Crippen LogP contribution in [0.25, 0.3) is 10.9 Å². The molecule has 6 nitrogen and oxygen atoms in total. The number of hydrogen-bond acceptors (Lipinski definition) is 3. The number of nitrogens with one attached hydrogen (secondary N) is 3. The van der Waals surface area contributed by atoms with Crippen molar-refractivity contribution >= 4 is 22.4 Å². The number of aromatic amines is 2. The third-order valence-electron chi connectivity index (χ3n) is 4.89. The van der Waals surface area contributed by atoms with E-state index >= 15 is 0 Å². The molecule has 140 valence electrons. The van der Waals surface area contributed by atoms with Gasteiger partial charge in [-0.1, -0.05) is 36.4 Å². The van der Waals surface area contributed by atoms with Gasteiger partial charge in [-0.15, -0.1) is 0 Å². The van der Waals surface area contributed by atoms with E-state index in [1.54, 1.807) is 12.1 Å². The quantitative estimate of drug-likeness (QED) is 0.392. The molecule has 0 radical (unpaired) electrons. The van der Waals surface area contributed by atoms with Gasteiger partial charge in [-0.05, 0) is 26.0 Å². The number of fused-ring (bicyclic) bond motifs is 1. The Hall–Kier alpha value is -3.67. The number of aryl methyl sites for hydroxylation is 2. The molecule has 4 rings (SSSR count). The summed E-state index contributed by atoms with van der Waals surface area (Å²) in [4.78, 5) is 17.7. The molecule has 0 bridgehead atoms. The molecule has 1 atom stereocenters. The second kappa shape index (κ2) is 7.15. The summed E-state index contributed by atoms with van der Waals surface area (Å²) in [5.74, 6) is 0.848. The van der Waals surface area contributed by atoms with E-state index in [1.807, 2.05) is 56.3 Å². The maximum atomic E-state index is 11.3. The van der Waals surface area contributed by atoms with Crippen LogP contribution in [0.1, 0.15) is 28.6 Å². The van der Waals surface area contributed by atoms with Gasteiger partial charge in [-0.2, -0.15) is 0 Å². The molecule has 0 amide bonds. The molecule has 2 aromatic heterocycles. The largest absolute Gasteiger partial charge is 0.358 e. The number of aromatic nitrogens is 2. The number of nitrogens with zero attached hydrogens (tertiary/aromatic N) is 1. The molecule has 6 heteroatoms. The fourth-order valence-corrected chi connectivity index (χ4v) is 3.63. The molecule has 2 heterocycles. The minimum absolute atomic E-state index is 0.0787. The predicted molar refractivity (Wildman–Crippen MR) is 109 cm³/mol. The Labute approximate surface area is 162 Å². The van der Waals surface area contributed by atoms with Crippen molar-refractivity contribution in [3.63, 3.8) is 0 Å². The van der Waals surface area contributed by atoms with Gasteiger partial charge in [0.25, 0.3) is 11.5 Å². The molecule has 0 aliphatic carbocycles. The van der Waals surface area contributed by atoms with Crippen LogP contribution in [0.5, 0.6) is 0 Å². The lowest BCUT2D eigenvalue weighted by Gasteiger charge is -2.16. The molecule has 2 aromatic carbocycles. The number of nitro benzene ring substituents is 1. The summed E-state index contributed by atoms with van der Waals surface area (Å²) in [5, 5.41) is 16.0. The molecule has 0 aliphatic heterocycles. The van der Waals surface area contributed by atoms with Gasteiger partial charge < -0.3 is 4.98 Å². The van der Waals surface area contributed by atoms with Crippen LogP contribution in [0.15, 0.2) is 66.7 Å². The standard InChI is InChI=1S/C22H20N4O2/c1-14-7-5-12-20(23-14)25-22(16-8-6-9-17(13-16)26(27)28)21-15(2)24-19-11-4-3-10-18(19)21/h3-13,22,24H,1-2H3,(H,23,25)/p+1/t22-/m1/s1. The molecule has 0 fully saturated rings. The van der Waals surface area contributed by atoms with Crippen molar-refractivity contribution in [1.82, 2.24) is 4.98 Å². The first-order chi connectivity index (χ1) is 13.5. The first-order valence-electron chi connectivity index (χ1n) is 9.10. The van der Waals surface area contributed by atoms with Gasteiger partial charge in [0.05, 0.1) is 10.6 Å². The average molecular weight is 373 g/mol. The van der Waals surface area contributed by atoms with Crippen LogP contribution >= 0.6 is 0 Å². The normalized spacial score (nSPS) is 12.1. The van der Waals surface area contributed by atoms with Crippen LogP contribution < -0.4 is 10.3 Å². The smallest absolute Gasteiger partial charge is 0.273 e. The molecule has 28 heavy (non-hydrogen) atoms. The molecule has 0 spiro atoms. The first kappa shape index (κ1) is 17.7. The zero-order valence-electron chi connectivity index (χ0n) is 15.7. The Morgan fingerprint density at radius 1 is 1.04 bits per heavy atom. The summed E-state index contributed by atoms with van der Waals surface area (Å²) >= 11 is 0. The lowest BCUT2D eigenvalue weighted by Crippen LogP contribution is -2.21. The van der Waals surface area contributed by atoms with E-state index in [0.717, 1.165) is 39.2 Å². The highest BCUT2D eigenvalue weighted by atomic mass is 16.6. The summed E-state index contributed by atoms with van der Waals surface area (Å²) in [5.41, 5.74) is 5.08. The van der Waals surface area contributed by atoms with Crippen LogP contribution in [0.4, 0.5) is 11.5 Å². The fourth-order valence-electron chi connectivity index (χ4n) is 3.63. The molecule has 0 saturated carbocycles. The average Bonchev–Trinajstić information content (AvgIpc) is 3.02. The fraction of sp³-hybridized carbons (Fsp3) is 0.136. The summed E-state index contributed by atoms with van der Waals surface area (Å²) in [6.07, 6.45) is 0. The van der Waals surface area contributed by atoms with Crippen molar-refractivity contribution in [2.75, 3.05) is 5.32 Å². The van der Waals surface area contributed by atoms with Crippen molar-refractivity contribution in [3.8, 4) is 0 Å². The minimum atomic E-state index is -0.360.